The van der Waals surface area contributed by atoms with Gasteiger partial charge >= 0.3 is 222 Å². The van der Waals surface area contributed by atoms with Crippen LogP contribution in [-0.2, 0) is 20.9 Å². The first kappa shape index (κ1) is 32.8. The van der Waals surface area contributed by atoms with Crippen LogP contribution in [0.3, 0.4) is 0 Å². The van der Waals surface area contributed by atoms with E-state index in [1.54, 1.807) is 0 Å². The van der Waals surface area contributed by atoms with Crippen LogP contribution < -0.4 is 0 Å². The zero-order chi connectivity index (χ0) is 23.6. The smallest absolute Gasteiger partial charge is 0.147 e. The molecule has 0 aromatic rings. The van der Waals surface area contributed by atoms with E-state index in [1.807, 2.05) is 17.7 Å². The van der Waals surface area contributed by atoms with Gasteiger partial charge in [-0.05, 0) is 0 Å². The van der Waals surface area contributed by atoms with Crippen LogP contribution in [0.1, 0.15) is 128 Å². The number of halogens is 2. The molecule has 36 heavy (non-hydrogen) atoms. The molecule has 4 aliphatic carbocycles. The molecule has 2 unspecified atom stereocenters. The van der Waals surface area contributed by atoms with Gasteiger partial charge in [0.2, 0.25) is 0 Å². The van der Waals surface area contributed by atoms with E-state index in [2.05, 4.69) is 37.4 Å². The van der Waals surface area contributed by atoms with Crippen LogP contribution >= 0.6 is 24.8 Å². The van der Waals surface area contributed by atoms with Crippen LogP contribution in [0, 0.1) is 11.8 Å². The first-order chi connectivity index (χ1) is 16.7. The van der Waals surface area contributed by atoms with Crippen molar-refractivity contribution in [2.75, 3.05) is 0 Å². The van der Waals surface area contributed by atoms with Crippen molar-refractivity contribution in [3.8, 4) is 0 Å². The van der Waals surface area contributed by atoms with Gasteiger partial charge in [-0.25, -0.2) is 0 Å². The predicted molar refractivity (Wildman–Crippen MR) is 165 cm³/mol. The fourth-order valence-corrected chi connectivity index (χ4v) is 24.7. The van der Waals surface area contributed by atoms with E-state index in [9.17, 15) is 0 Å². The standard InChI is InChI=1S/2C15H23.C2H7Si.2ClH.Zr/c2*1-2-4-6-8-11-15-13-9-12-14(15)10-7-5-3-1;1-3-2;;;/h2*12-14H,1-8,10-11H2;3H,1-2H3;2*1H;. The van der Waals surface area contributed by atoms with Gasteiger partial charge in [0.25, 0.3) is 0 Å². The molecule has 0 aromatic heterocycles. The Hall–Kier alpha value is 0.640. The second kappa shape index (κ2) is 18.1. The Morgan fingerprint density at radius 2 is 0.861 bits per heavy atom. The molecule has 2 fully saturated rings. The molecule has 0 aliphatic heterocycles. The second-order valence-electron chi connectivity index (χ2n) is 12.2. The van der Waals surface area contributed by atoms with Gasteiger partial charge in [0.1, 0.15) is 0 Å². The third-order valence-electron chi connectivity index (χ3n) is 9.06. The molecule has 4 aliphatic rings. The van der Waals surface area contributed by atoms with Gasteiger partial charge in [-0.2, -0.15) is 0 Å². The van der Waals surface area contributed by atoms with Crippen LogP contribution in [-0.4, -0.2) is 5.92 Å². The molecule has 4 rings (SSSR count). The van der Waals surface area contributed by atoms with Gasteiger partial charge in [0, 0.05) is 0 Å². The molecule has 0 nitrogen and oxygen atoms in total. The maximum atomic E-state index is 2.85. The van der Waals surface area contributed by atoms with Crippen molar-refractivity contribution in [2.24, 2.45) is 11.8 Å². The summed E-state index contributed by atoms with van der Waals surface area (Å²) in [5.74, 6) is 0.969. The SMILES string of the molecule is C[SiH](C)[Zr]([C]1=CC2CCCCCCCCCCC2=C1)[C]1=CC2CCCCCCCCCCC2=C1.Cl.Cl. The largest absolute Gasteiger partial charge is 0.147 e. The van der Waals surface area contributed by atoms with Gasteiger partial charge in [0.05, 0.1) is 0 Å². The minimum absolute atomic E-state index is 0. The first-order valence-electron chi connectivity index (χ1n) is 15.4. The Bertz CT molecular complexity index is 706. The third-order valence-corrected chi connectivity index (χ3v) is 27.3. The molecule has 0 N–H and O–H groups in total. The van der Waals surface area contributed by atoms with Crippen LogP contribution in [0.15, 0.2) is 42.0 Å². The van der Waals surface area contributed by atoms with Crippen LogP contribution in [0.4, 0.5) is 0 Å². The maximum Gasteiger partial charge on any atom is -0.147 e. The van der Waals surface area contributed by atoms with Crippen molar-refractivity contribution in [3.63, 3.8) is 0 Å². The van der Waals surface area contributed by atoms with Gasteiger partial charge in [-0.1, -0.05) is 0 Å². The van der Waals surface area contributed by atoms with Crippen LogP contribution in [0.5, 0.6) is 0 Å². The van der Waals surface area contributed by atoms with Crippen molar-refractivity contribution in [1.29, 1.82) is 0 Å². The van der Waals surface area contributed by atoms with Crippen LogP contribution in [0.2, 0.25) is 13.1 Å². The molecule has 0 amide bonds. The van der Waals surface area contributed by atoms with E-state index >= 15 is 0 Å². The Morgan fingerprint density at radius 1 is 0.528 bits per heavy atom. The molecular weight excluding hydrogens is 575 g/mol. The molecule has 2 atom stereocenters. The zero-order valence-corrected chi connectivity index (χ0v) is 28.7. The minimum Gasteiger partial charge on any atom is -0.147 e. The number of hydrogen-bond donors (Lipinski definition) is 0. The van der Waals surface area contributed by atoms with E-state index in [0.717, 1.165) is 11.8 Å². The molecule has 0 spiro atoms. The van der Waals surface area contributed by atoms with Crippen molar-refractivity contribution < 1.29 is 20.9 Å². The quantitative estimate of drug-likeness (QED) is 0.273. The average molecular weight is 630 g/mol. The molecule has 205 valence electrons. The average Bonchev–Trinajstić information content (AvgIpc) is 3.37. The predicted octanol–water partition coefficient (Wildman–Crippen LogP) is 11.1. The molecular formula is C32H55Cl2SiZr. The summed E-state index contributed by atoms with van der Waals surface area (Å²) in [5, 5.41) is 0. The third kappa shape index (κ3) is 9.99. The molecule has 0 saturated heterocycles. The molecule has 2 saturated carbocycles. The van der Waals surface area contributed by atoms with E-state index in [0.29, 0.717) is 0 Å². The summed E-state index contributed by atoms with van der Waals surface area (Å²) in [6.45, 7) is 5.40. The summed E-state index contributed by atoms with van der Waals surface area (Å²) >= 11 is -1.72. The van der Waals surface area contributed by atoms with Gasteiger partial charge < -0.3 is 0 Å². The second-order valence-corrected chi connectivity index (χ2v) is 31.3. The molecule has 0 aromatic carbocycles. The zero-order valence-electron chi connectivity index (χ0n) is 23.5. The minimum atomic E-state index is -1.72. The van der Waals surface area contributed by atoms with Gasteiger partial charge in [-0.3, -0.25) is 0 Å². The summed E-state index contributed by atoms with van der Waals surface area (Å²) in [6.07, 6.45) is 40.5. The Kier molecular flexibility index (Phi) is 16.5. The van der Waals surface area contributed by atoms with Gasteiger partial charge in [0.15, 0.2) is 0 Å². The fourth-order valence-electron chi connectivity index (χ4n) is 7.09. The van der Waals surface area contributed by atoms with Gasteiger partial charge in [-0.15, -0.1) is 24.8 Å². The van der Waals surface area contributed by atoms with E-state index in [1.165, 1.54) is 128 Å². The van der Waals surface area contributed by atoms with Crippen molar-refractivity contribution in [3.05, 3.63) is 42.0 Å². The topological polar surface area (TPSA) is 0 Å². The number of rotatable bonds is 3. The van der Waals surface area contributed by atoms with E-state index in [4.69, 9.17) is 0 Å². The van der Waals surface area contributed by atoms with E-state index in [-0.39, 0.29) is 24.8 Å². The Morgan fingerprint density at radius 3 is 1.22 bits per heavy atom. The van der Waals surface area contributed by atoms with E-state index < -0.39 is 26.8 Å². The molecule has 0 radical (unpaired) electrons. The number of allylic oxidation sites excluding steroid dienone is 8. The summed E-state index contributed by atoms with van der Waals surface area (Å²) in [7, 11) is 0. The van der Waals surface area contributed by atoms with Crippen molar-refractivity contribution >= 4 is 30.7 Å². The summed E-state index contributed by atoms with van der Waals surface area (Å²) < 4.78 is 3.86. The number of hydrogen-bond acceptors (Lipinski definition) is 0. The normalized spacial score (nSPS) is 26.5. The fraction of sp³-hybridized carbons (Fsp3) is 0.750. The summed E-state index contributed by atoms with van der Waals surface area (Å²) in [4.78, 5) is 0. The first-order valence-corrected chi connectivity index (χ1v) is 25.0. The summed E-state index contributed by atoms with van der Waals surface area (Å²) in [6, 6.07) is 0. The molecule has 0 heterocycles. The maximum absolute atomic E-state index is 2.85. The van der Waals surface area contributed by atoms with Crippen molar-refractivity contribution in [2.45, 2.75) is 142 Å². The molecule has 0 bridgehead atoms. The monoisotopic (exact) mass is 627 g/mol. The van der Waals surface area contributed by atoms with Crippen LogP contribution in [0.25, 0.3) is 0 Å². The summed E-state index contributed by atoms with van der Waals surface area (Å²) in [5.41, 5.74) is 3.70. The Balaban J connectivity index is 0.00000228. The van der Waals surface area contributed by atoms with Crippen molar-refractivity contribution in [1.82, 2.24) is 0 Å². The number of fused-ring (bicyclic) bond motifs is 2. The Labute approximate surface area is 245 Å². The molecule has 4 heteroatoms.